The van der Waals surface area contributed by atoms with Gasteiger partial charge < -0.3 is 18.9 Å². The van der Waals surface area contributed by atoms with Crippen molar-refractivity contribution in [3.05, 3.63) is 24.3 Å². The lowest BCUT2D eigenvalue weighted by Gasteiger charge is -2.24. The molecule has 0 aliphatic carbocycles. The number of ether oxygens (including phenoxy) is 2. The van der Waals surface area contributed by atoms with E-state index in [1.807, 2.05) is 21.1 Å². The molecule has 0 radical (unpaired) electrons. The van der Waals surface area contributed by atoms with E-state index in [0.717, 1.165) is 44.9 Å². The maximum absolute atomic E-state index is 12.6. The van der Waals surface area contributed by atoms with E-state index < -0.39 is 13.9 Å². The summed E-state index contributed by atoms with van der Waals surface area (Å²) >= 11 is 0. The van der Waals surface area contributed by atoms with Crippen LogP contribution in [0.2, 0.25) is 0 Å². The van der Waals surface area contributed by atoms with Gasteiger partial charge in [-0.1, -0.05) is 122 Å². The van der Waals surface area contributed by atoms with Crippen LogP contribution < -0.4 is 0 Å². The highest BCUT2D eigenvalue weighted by molar-refractivity contribution is 7.47. The Hall–Kier alpha value is -1.02. The summed E-state index contributed by atoms with van der Waals surface area (Å²) in [4.78, 5) is 22.7. The number of hydrogen-bond acceptors (Lipinski definition) is 6. The van der Waals surface area contributed by atoms with Gasteiger partial charge in [0, 0.05) is 13.0 Å². The Bertz CT molecular complexity index is 797. The normalized spacial score (nSPS) is 14.3. The van der Waals surface area contributed by atoms with Gasteiger partial charge in [0.05, 0.1) is 34.4 Å². The second-order valence-corrected chi connectivity index (χ2v) is 15.1. The predicted octanol–water partition coefficient (Wildman–Crippen LogP) is 10.1. The van der Waals surface area contributed by atoms with Crippen molar-refractivity contribution in [2.24, 2.45) is 0 Å². The van der Waals surface area contributed by atoms with Gasteiger partial charge in [-0.05, 0) is 44.9 Å². The molecule has 1 N–H and O–H groups in total. The summed E-state index contributed by atoms with van der Waals surface area (Å²) in [5.74, 6) is -0.325. The van der Waals surface area contributed by atoms with Crippen LogP contribution in [0.15, 0.2) is 24.3 Å². The molecule has 8 nitrogen and oxygen atoms in total. The molecule has 0 saturated carbocycles. The van der Waals surface area contributed by atoms with Gasteiger partial charge in [0.25, 0.3) is 0 Å². The number of allylic oxidation sites excluding steroid dienone is 4. The summed E-state index contributed by atoms with van der Waals surface area (Å²) in [6.45, 7) is 5.54. The fourth-order valence-electron chi connectivity index (χ4n) is 4.82. The Morgan fingerprint density at radius 1 is 0.674 bits per heavy atom. The fraction of sp³-hybridized carbons (Fsp3) is 0.865. The van der Waals surface area contributed by atoms with E-state index in [0.29, 0.717) is 24.1 Å². The van der Waals surface area contributed by atoms with E-state index in [1.54, 1.807) is 0 Å². The molecule has 46 heavy (non-hydrogen) atoms. The van der Waals surface area contributed by atoms with E-state index in [4.69, 9.17) is 18.5 Å². The van der Waals surface area contributed by atoms with Gasteiger partial charge in [-0.3, -0.25) is 13.8 Å². The topological polar surface area (TPSA) is 91.3 Å². The first-order chi connectivity index (χ1) is 22.1. The predicted molar refractivity (Wildman–Crippen MR) is 192 cm³/mol. The first-order valence-corrected chi connectivity index (χ1v) is 20.1. The molecule has 0 rings (SSSR count). The second kappa shape index (κ2) is 31.3. The van der Waals surface area contributed by atoms with E-state index >= 15 is 0 Å². The van der Waals surface area contributed by atoms with Crippen molar-refractivity contribution in [2.45, 2.75) is 155 Å². The smallest absolute Gasteiger partial charge is 0.457 e. The Morgan fingerprint density at radius 2 is 1.20 bits per heavy atom. The quantitative estimate of drug-likeness (QED) is 0.0239. The number of nitrogens with zero attached hydrogens (tertiary/aromatic N) is 1. The molecule has 0 spiro atoms. The number of unbranched alkanes of at least 4 members (excludes halogenated alkanes) is 16. The number of esters is 1. The van der Waals surface area contributed by atoms with Crippen molar-refractivity contribution in [3.63, 3.8) is 0 Å². The van der Waals surface area contributed by atoms with Crippen LogP contribution >= 0.6 is 7.82 Å². The number of phosphoric ester groups is 1. The molecule has 0 aliphatic rings. The Labute approximate surface area is 283 Å². The zero-order valence-electron chi connectivity index (χ0n) is 30.6. The number of quaternary nitrogens is 1. The minimum atomic E-state index is -4.26. The van der Waals surface area contributed by atoms with Crippen molar-refractivity contribution in [1.82, 2.24) is 0 Å². The fourth-order valence-corrected chi connectivity index (χ4v) is 5.56. The van der Waals surface area contributed by atoms with Gasteiger partial charge in [0.1, 0.15) is 19.3 Å². The Balaban J connectivity index is 4.18. The van der Waals surface area contributed by atoms with Crippen LogP contribution in [-0.4, -0.2) is 75.6 Å². The average Bonchev–Trinajstić information content (AvgIpc) is 2.99. The number of rotatable bonds is 34. The van der Waals surface area contributed by atoms with Crippen LogP contribution in [0.5, 0.6) is 0 Å². The third kappa shape index (κ3) is 34.3. The van der Waals surface area contributed by atoms with Gasteiger partial charge in [-0.25, -0.2) is 4.57 Å². The van der Waals surface area contributed by atoms with E-state index in [9.17, 15) is 14.3 Å². The van der Waals surface area contributed by atoms with Crippen molar-refractivity contribution < 1.29 is 37.3 Å². The SMILES string of the molecule is CCCCCC/C=C\C/C=C\CCCCCCCCCC(=O)OC(COCCCCCCCC)COP(=O)(O)OCC[N+](C)(C)C. The molecule has 0 amide bonds. The van der Waals surface area contributed by atoms with E-state index in [1.165, 1.54) is 83.5 Å². The molecule has 0 heterocycles. The lowest BCUT2D eigenvalue weighted by molar-refractivity contribution is -0.870. The van der Waals surface area contributed by atoms with Crippen LogP contribution in [0.1, 0.15) is 149 Å². The monoisotopic (exact) mass is 675 g/mol. The van der Waals surface area contributed by atoms with Gasteiger partial charge in [0.15, 0.2) is 0 Å². The number of likely N-dealkylation sites (N-methyl/N-ethyl adjacent to an activating group) is 1. The zero-order valence-corrected chi connectivity index (χ0v) is 31.5. The van der Waals surface area contributed by atoms with Gasteiger partial charge in [-0.15, -0.1) is 0 Å². The summed E-state index contributed by atoms with van der Waals surface area (Å²) in [6.07, 6.45) is 32.2. The summed E-state index contributed by atoms with van der Waals surface area (Å²) in [6, 6.07) is 0. The molecule has 0 aromatic rings. The molecular weight excluding hydrogens is 601 g/mol. The number of carbonyl (C=O) groups is 1. The molecule has 9 heteroatoms. The number of carbonyl (C=O) groups excluding carboxylic acids is 1. The average molecular weight is 675 g/mol. The Morgan fingerprint density at radius 3 is 1.78 bits per heavy atom. The number of hydrogen-bond donors (Lipinski definition) is 1. The van der Waals surface area contributed by atoms with Crippen LogP contribution in [0, 0.1) is 0 Å². The highest BCUT2D eigenvalue weighted by atomic mass is 31.2. The first kappa shape index (κ1) is 45.0. The summed E-state index contributed by atoms with van der Waals surface area (Å²) in [5.41, 5.74) is 0. The number of phosphoric acid groups is 1. The molecule has 2 unspecified atom stereocenters. The molecule has 0 aromatic heterocycles. The molecule has 0 fully saturated rings. The van der Waals surface area contributed by atoms with Crippen LogP contribution in [-0.2, 0) is 27.9 Å². The van der Waals surface area contributed by atoms with Gasteiger partial charge in [0.2, 0.25) is 0 Å². The lowest BCUT2D eigenvalue weighted by atomic mass is 10.1. The van der Waals surface area contributed by atoms with Crippen molar-refractivity contribution in [2.75, 3.05) is 54.1 Å². The minimum absolute atomic E-state index is 0.0878. The minimum Gasteiger partial charge on any atom is -0.457 e. The third-order valence-corrected chi connectivity index (χ3v) is 8.75. The largest absolute Gasteiger partial charge is 0.472 e. The van der Waals surface area contributed by atoms with Crippen LogP contribution in [0.4, 0.5) is 0 Å². The molecule has 0 saturated heterocycles. The zero-order chi connectivity index (χ0) is 34.2. The third-order valence-electron chi connectivity index (χ3n) is 7.77. The van der Waals surface area contributed by atoms with Crippen molar-refractivity contribution in [1.29, 1.82) is 0 Å². The summed E-state index contributed by atoms with van der Waals surface area (Å²) in [7, 11) is 1.66. The van der Waals surface area contributed by atoms with Gasteiger partial charge in [-0.2, -0.15) is 0 Å². The van der Waals surface area contributed by atoms with E-state index in [2.05, 4.69) is 38.2 Å². The van der Waals surface area contributed by atoms with Crippen molar-refractivity contribution >= 4 is 13.8 Å². The summed E-state index contributed by atoms with van der Waals surface area (Å²) < 4.78 is 34.6. The lowest BCUT2D eigenvalue weighted by Crippen LogP contribution is -2.37. The van der Waals surface area contributed by atoms with Gasteiger partial charge >= 0.3 is 13.8 Å². The summed E-state index contributed by atoms with van der Waals surface area (Å²) in [5, 5.41) is 0. The molecule has 0 aliphatic heterocycles. The second-order valence-electron chi connectivity index (χ2n) is 13.6. The van der Waals surface area contributed by atoms with Crippen LogP contribution in [0.25, 0.3) is 0 Å². The molecule has 272 valence electrons. The molecule has 2 atom stereocenters. The molecular formula is C37H73NO7P+. The van der Waals surface area contributed by atoms with E-state index in [-0.39, 0.29) is 25.8 Å². The molecule has 0 bridgehead atoms. The van der Waals surface area contributed by atoms with Crippen LogP contribution in [0.3, 0.4) is 0 Å². The molecule has 0 aromatic carbocycles. The first-order valence-electron chi connectivity index (χ1n) is 18.6. The highest BCUT2D eigenvalue weighted by Gasteiger charge is 2.26. The Kier molecular flexibility index (Phi) is 30.6. The highest BCUT2D eigenvalue weighted by Crippen LogP contribution is 2.43. The maximum Gasteiger partial charge on any atom is 0.472 e. The maximum atomic E-state index is 12.6. The standard InChI is InChI=1S/C37H72NO7P/c1-6-8-10-12-14-15-16-17-18-19-20-21-22-23-24-25-26-28-30-37(39)45-36(34-42-32-29-27-13-11-9-7-2)35-44-46(40,41)43-33-31-38(3,4)5/h15-16,18-19,36H,6-14,17,20-35H2,1-5H3/p+1/b16-15-,19-18-. The van der Waals surface area contributed by atoms with Crippen molar-refractivity contribution in [3.8, 4) is 0 Å².